The van der Waals surface area contributed by atoms with Crippen molar-refractivity contribution in [2.75, 3.05) is 31.6 Å². The zero-order valence-electron chi connectivity index (χ0n) is 10.3. The SMILES string of the molecule is O=C(CN(CCO)CC(F)F)Nc1ncc(Cl)cc1Cl. The maximum atomic E-state index is 12.3. The van der Waals surface area contributed by atoms with Gasteiger partial charge in [0.25, 0.3) is 6.43 Å². The van der Waals surface area contributed by atoms with Crippen molar-refractivity contribution in [2.45, 2.75) is 6.43 Å². The Morgan fingerprint density at radius 3 is 2.75 bits per heavy atom. The normalized spacial score (nSPS) is 11.2. The first-order valence-electron chi connectivity index (χ1n) is 5.64. The fourth-order valence-corrected chi connectivity index (χ4v) is 1.88. The zero-order valence-corrected chi connectivity index (χ0v) is 11.8. The maximum Gasteiger partial charge on any atom is 0.251 e. The van der Waals surface area contributed by atoms with E-state index in [0.717, 1.165) is 4.90 Å². The van der Waals surface area contributed by atoms with E-state index in [4.69, 9.17) is 28.3 Å². The quantitative estimate of drug-likeness (QED) is 0.802. The first-order valence-corrected chi connectivity index (χ1v) is 6.40. The van der Waals surface area contributed by atoms with E-state index in [1.807, 2.05) is 0 Å². The topological polar surface area (TPSA) is 65.5 Å². The van der Waals surface area contributed by atoms with Gasteiger partial charge in [0.05, 0.1) is 29.7 Å². The van der Waals surface area contributed by atoms with Gasteiger partial charge in [-0.2, -0.15) is 0 Å². The number of hydrogen-bond acceptors (Lipinski definition) is 4. The Labute approximate surface area is 124 Å². The van der Waals surface area contributed by atoms with Crippen LogP contribution in [-0.4, -0.2) is 53.6 Å². The lowest BCUT2D eigenvalue weighted by Gasteiger charge is -2.20. The number of carbonyl (C=O) groups is 1. The average Bonchev–Trinajstić information content (AvgIpc) is 2.32. The van der Waals surface area contributed by atoms with E-state index in [0.29, 0.717) is 5.02 Å². The number of amides is 1. The number of nitrogens with zero attached hydrogens (tertiary/aromatic N) is 2. The van der Waals surface area contributed by atoms with Gasteiger partial charge >= 0.3 is 0 Å². The van der Waals surface area contributed by atoms with Crippen LogP contribution in [0.15, 0.2) is 12.3 Å². The molecule has 0 bridgehead atoms. The summed E-state index contributed by atoms with van der Waals surface area (Å²) in [5.41, 5.74) is 0. The van der Waals surface area contributed by atoms with Crippen molar-refractivity contribution in [3.63, 3.8) is 0 Å². The lowest BCUT2D eigenvalue weighted by atomic mass is 10.4. The van der Waals surface area contributed by atoms with E-state index in [-0.39, 0.29) is 30.5 Å². The van der Waals surface area contributed by atoms with E-state index in [1.54, 1.807) is 0 Å². The van der Waals surface area contributed by atoms with Crippen molar-refractivity contribution in [3.8, 4) is 0 Å². The van der Waals surface area contributed by atoms with E-state index in [9.17, 15) is 13.6 Å². The predicted molar refractivity (Wildman–Crippen MR) is 72.4 cm³/mol. The van der Waals surface area contributed by atoms with Crippen molar-refractivity contribution in [1.82, 2.24) is 9.88 Å². The third-order valence-corrected chi connectivity index (χ3v) is 2.74. The summed E-state index contributed by atoms with van der Waals surface area (Å²) in [4.78, 5) is 16.7. The highest BCUT2D eigenvalue weighted by atomic mass is 35.5. The molecule has 9 heteroatoms. The van der Waals surface area contributed by atoms with Crippen molar-refractivity contribution in [1.29, 1.82) is 0 Å². The molecule has 0 atom stereocenters. The summed E-state index contributed by atoms with van der Waals surface area (Å²) >= 11 is 11.5. The molecule has 0 aliphatic rings. The Morgan fingerprint density at radius 1 is 1.50 bits per heavy atom. The molecular formula is C11H13Cl2F2N3O2. The molecule has 2 N–H and O–H groups in total. The van der Waals surface area contributed by atoms with Crippen molar-refractivity contribution in [2.24, 2.45) is 0 Å². The number of anilines is 1. The molecule has 5 nitrogen and oxygen atoms in total. The number of pyridine rings is 1. The Morgan fingerprint density at radius 2 is 2.20 bits per heavy atom. The van der Waals surface area contributed by atoms with Gasteiger partial charge in [-0.3, -0.25) is 9.69 Å². The molecule has 0 fully saturated rings. The number of hydrogen-bond donors (Lipinski definition) is 2. The Balaban J connectivity index is 2.60. The Hall–Kier alpha value is -1.02. The van der Waals surface area contributed by atoms with Gasteiger partial charge in [-0.25, -0.2) is 13.8 Å². The molecule has 20 heavy (non-hydrogen) atoms. The molecule has 1 aromatic rings. The molecule has 1 heterocycles. The number of aromatic nitrogens is 1. The van der Waals surface area contributed by atoms with Crippen molar-refractivity contribution >= 4 is 34.9 Å². The molecular weight excluding hydrogens is 315 g/mol. The molecule has 0 saturated heterocycles. The van der Waals surface area contributed by atoms with E-state index in [2.05, 4.69) is 10.3 Å². The molecule has 0 aromatic carbocycles. The lowest BCUT2D eigenvalue weighted by Crippen LogP contribution is -2.38. The monoisotopic (exact) mass is 327 g/mol. The second kappa shape index (κ2) is 8.31. The summed E-state index contributed by atoms with van der Waals surface area (Å²) in [6, 6.07) is 1.40. The lowest BCUT2D eigenvalue weighted by molar-refractivity contribution is -0.117. The van der Waals surface area contributed by atoms with Crippen LogP contribution in [-0.2, 0) is 4.79 Å². The highest BCUT2D eigenvalue weighted by Crippen LogP contribution is 2.22. The van der Waals surface area contributed by atoms with Crippen LogP contribution in [0.1, 0.15) is 0 Å². The molecule has 0 aliphatic heterocycles. The van der Waals surface area contributed by atoms with E-state index < -0.39 is 18.9 Å². The second-order valence-electron chi connectivity index (χ2n) is 3.88. The zero-order chi connectivity index (χ0) is 15.1. The summed E-state index contributed by atoms with van der Waals surface area (Å²) in [6.45, 7) is -1.25. The minimum absolute atomic E-state index is 0.0282. The van der Waals surface area contributed by atoms with Gasteiger partial charge < -0.3 is 10.4 Å². The molecule has 0 radical (unpaired) electrons. The molecule has 1 amide bonds. The van der Waals surface area contributed by atoms with Crippen LogP contribution < -0.4 is 5.32 Å². The highest BCUT2D eigenvalue weighted by molar-refractivity contribution is 6.36. The summed E-state index contributed by atoms with van der Waals surface area (Å²) in [5.74, 6) is -0.460. The smallest absolute Gasteiger partial charge is 0.251 e. The highest BCUT2D eigenvalue weighted by Gasteiger charge is 2.16. The standard InChI is InChI=1S/C11H13Cl2F2N3O2/c12-7-3-8(13)11(16-4-7)17-10(20)6-18(1-2-19)5-9(14)15/h3-4,9,19H,1-2,5-6H2,(H,16,17,20). The van der Waals surface area contributed by atoms with Gasteiger partial charge in [-0.1, -0.05) is 23.2 Å². The van der Waals surface area contributed by atoms with Crippen LogP contribution >= 0.6 is 23.2 Å². The van der Waals surface area contributed by atoms with Crippen molar-refractivity contribution < 1.29 is 18.7 Å². The molecule has 1 rings (SSSR count). The Kier molecular flexibility index (Phi) is 7.08. The molecule has 112 valence electrons. The van der Waals surface area contributed by atoms with E-state index >= 15 is 0 Å². The maximum absolute atomic E-state index is 12.3. The van der Waals surface area contributed by atoms with Crippen LogP contribution in [0.5, 0.6) is 0 Å². The predicted octanol–water partition coefficient (Wildman–Crippen LogP) is 1.89. The summed E-state index contributed by atoms with van der Waals surface area (Å²) in [6.07, 6.45) is -1.29. The van der Waals surface area contributed by atoms with Gasteiger partial charge in [0.1, 0.15) is 0 Å². The van der Waals surface area contributed by atoms with Gasteiger partial charge in [-0.15, -0.1) is 0 Å². The van der Waals surface area contributed by atoms with Crippen LogP contribution in [0.3, 0.4) is 0 Å². The van der Waals surface area contributed by atoms with Crippen LogP contribution in [0, 0.1) is 0 Å². The number of nitrogens with one attached hydrogen (secondary N) is 1. The van der Waals surface area contributed by atoms with Crippen LogP contribution in [0.2, 0.25) is 10.0 Å². The molecule has 0 unspecified atom stereocenters. The minimum atomic E-state index is -2.59. The summed E-state index contributed by atoms with van der Waals surface area (Å²) < 4.78 is 24.6. The molecule has 0 saturated carbocycles. The summed E-state index contributed by atoms with van der Waals surface area (Å²) in [7, 11) is 0. The average molecular weight is 328 g/mol. The van der Waals surface area contributed by atoms with Gasteiger partial charge in [0.15, 0.2) is 5.82 Å². The number of halogens is 4. The van der Waals surface area contributed by atoms with Crippen LogP contribution in [0.25, 0.3) is 0 Å². The molecule has 0 spiro atoms. The first-order chi connectivity index (χ1) is 9.42. The van der Waals surface area contributed by atoms with Gasteiger partial charge in [-0.05, 0) is 6.07 Å². The third kappa shape index (κ3) is 5.96. The largest absolute Gasteiger partial charge is 0.395 e. The minimum Gasteiger partial charge on any atom is -0.395 e. The fourth-order valence-electron chi connectivity index (χ4n) is 1.45. The van der Waals surface area contributed by atoms with E-state index in [1.165, 1.54) is 12.3 Å². The number of carbonyl (C=O) groups excluding carboxylic acids is 1. The van der Waals surface area contributed by atoms with Gasteiger partial charge in [0, 0.05) is 12.7 Å². The second-order valence-corrected chi connectivity index (χ2v) is 4.73. The van der Waals surface area contributed by atoms with Crippen LogP contribution in [0.4, 0.5) is 14.6 Å². The summed E-state index contributed by atoms with van der Waals surface area (Å²) in [5, 5.41) is 11.6. The Bertz CT molecular complexity index is 463. The number of alkyl halides is 2. The fraction of sp³-hybridized carbons (Fsp3) is 0.455. The molecule has 1 aromatic heterocycles. The molecule has 0 aliphatic carbocycles. The third-order valence-electron chi connectivity index (χ3n) is 2.25. The number of aliphatic hydroxyl groups excluding tert-OH is 1. The number of aliphatic hydroxyl groups is 1. The van der Waals surface area contributed by atoms with Crippen molar-refractivity contribution in [3.05, 3.63) is 22.3 Å². The van der Waals surface area contributed by atoms with Gasteiger partial charge in [0.2, 0.25) is 5.91 Å². The number of rotatable bonds is 7. The first kappa shape index (κ1) is 17.0.